The summed E-state index contributed by atoms with van der Waals surface area (Å²) in [6, 6.07) is 1.64. The summed E-state index contributed by atoms with van der Waals surface area (Å²) in [5.74, 6) is -1.93. The standard InChI is InChI=1S/C12H15BrF2N2O3S/c13-9-4-12(11(15)5-10(9)14)16-21(19,20)17-3-1-2-8(6-17)7-18/h4-5,8,16,18H,1-3,6-7H2. The summed E-state index contributed by atoms with van der Waals surface area (Å²) in [6.07, 6.45) is 1.38. The van der Waals surface area contributed by atoms with Crippen LogP contribution in [0, 0.1) is 17.6 Å². The molecule has 0 bridgehead atoms. The van der Waals surface area contributed by atoms with Gasteiger partial charge < -0.3 is 5.11 Å². The van der Waals surface area contributed by atoms with E-state index < -0.39 is 21.8 Å². The van der Waals surface area contributed by atoms with Crippen LogP contribution in [0.3, 0.4) is 0 Å². The highest BCUT2D eigenvalue weighted by molar-refractivity contribution is 9.10. The van der Waals surface area contributed by atoms with Gasteiger partial charge in [0.25, 0.3) is 0 Å². The van der Waals surface area contributed by atoms with Crippen LogP contribution in [0.25, 0.3) is 0 Å². The van der Waals surface area contributed by atoms with Gasteiger partial charge in [-0.2, -0.15) is 12.7 Å². The molecule has 0 radical (unpaired) electrons. The minimum atomic E-state index is -3.94. The zero-order valence-electron chi connectivity index (χ0n) is 11.0. The molecule has 9 heteroatoms. The van der Waals surface area contributed by atoms with Gasteiger partial charge in [-0.05, 0) is 40.8 Å². The van der Waals surface area contributed by atoms with Crippen molar-refractivity contribution in [2.24, 2.45) is 5.92 Å². The second-order valence-corrected chi connectivity index (χ2v) is 7.43. The lowest BCUT2D eigenvalue weighted by molar-refractivity contribution is 0.166. The maximum Gasteiger partial charge on any atom is 0.301 e. The molecule has 5 nitrogen and oxygen atoms in total. The first kappa shape index (κ1) is 16.6. The van der Waals surface area contributed by atoms with E-state index in [9.17, 15) is 17.2 Å². The highest BCUT2D eigenvalue weighted by Crippen LogP contribution is 2.26. The summed E-state index contributed by atoms with van der Waals surface area (Å²) in [7, 11) is -3.94. The van der Waals surface area contributed by atoms with Gasteiger partial charge in [0.2, 0.25) is 0 Å². The zero-order chi connectivity index (χ0) is 15.6. The number of hydrogen-bond donors (Lipinski definition) is 2. The molecule has 21 heavy (non-hydrogen) atoms. The van der Waals surface area contributed by atoms with Gasteiger partial charge in [-0.15, -0.1) is 0 Å². The average Bonchev–Trinajstić information content (AvgIpc) is 2.44. The van der Waals surface area contributed by atoms with E-state index >= 15 is 0 Å². The van der Waals surface area contributed by atoms with Crippen LogP contribution in [-0.2, 0) is 10.2 Å². The Balaban J connectivity index is 2.19. The fourth-order valence-electron chi connectivity index (χ4n) is 2.20. The molecule has 0 spiro atoms. The van der Waals surface area contributed by atoms with Crippen LogP contribution in [-0.4, -0.2) is 37.5 Å². The molecule has 1 atom stereocenters. The maximum atomic E-state index is 13.6. The van der Waals surface area contributed by atoms with E-state index in [4.69, 9.17) is 5.11 Å². The van der Waals surface area contributed by atoms with Crippen LogP contribution < -0.4 is 4.72 Å². The van der Waals surface area contributed by atoms with Crippen molar-refractivity contribution in [3.63, 3.8) is 0 Å². The third-order valence-corrected chi connectivity index (χ3v) is 5.43. The predicted octanol–water partition coefficient (Wildman–Crippen LogP) is 2.09. The number of hydrogen-bond acceptors (Lipinski definition) is 3. The number of halogens is 3. The van der Waals surface area contributed by atoms with Crippen molar-refractivity contribution in [2.75, 3.05) is 24.4 Å². The molecule has 1 heterocycles. The van der Waals surface area contributed by atoms with Gasteiger partial charge in [0.1, 0.15) is 11.6 Å². The summed E-state index contributed by atoms with van der Waals surface area (Å²) in [4.78, 5) is 0. The quantitative estimate of drug-likeness (QED) is 0.780. The molecule has 2 N–H and O–H groups in total. The van der Waals surface area contributed by atoms with E-state index in [2.05, 4.69) is 20.7 Å². The van der Waals surface area contributed by atoms with Crippen LogP contribution in [0.2, 0.25) is 0 Å². The minimum Gasteiger partial charge on any atom is -0.396 e. The van der Waals surface area contributed by atoms with Gasteiger partial charge in [0.15, 0.2) is 0 Å². The first-order valence-electron chi connectivity index (χ1n) is 6.37. The van der Waals surface area contributed by atoms with Gasteiger partial charge in [0.05, 0.1) is 10.2 Å². The van der Waals surface area contributed by atoms with Gasteiger partial charge in [-0.3, -0.25) is 4.72 Å². The molecule has 0 amide bonds. The molecule has 1 aromatic carbocycles. The summed E-state index contributed by atoms with van der Waals surface area (Å²) in [5.41, 5.74) is -0.325. The van der Waals surface area contributed by atoms with Gasteiger partial charge >= 0.3 is 10.2 Å². The van der Waals surface area contributed by atoms with Crippen LogP contribution >= 0.6 is 15.9 Å². The smallest absolute Gasteiger partial charge is 0.301 e. The lowest BCUT2D eigenvalue weighted by atomic mass is 10.0. The molecule has 0 saturated carbocycles. The van der Waals surface area contributed by atoms with Crippen molar-refractivity contribution in [1.29, 1.82) is 0 Å². The fourth-order valence-corrected chi connectivity index (χ4v) is 3.88. The van der Waals surface area contributed by atoms with Crippen molar-refractivity contribution in [1.82, 2.24) is 4.31 Å². The van der Waals surface area contributed by atoms with Gasteiger partial charge in [0, 0.05) is 25.8 Å². The SMILES string of the molecule is O=S(=O)(Nc1cc(Br)c(F)cc1F)N1CCCC(CO)C1. The number of nitrogens with one attached hydrogen (secondary N) is 1. The highest BCUT2D eigenvalue weighted by atomic mass is 79.9. The molecule has 1 saturated heterocycles. The molecule has 1 fully saturated rings. The van der Waals surface area contributed by atoms with Crippen LogP contribution in [0.5, 0.6) is 0 Å². The third-order valence-electron chi connectivity index (χ3n) is 3.33. The van der Waals surface area contributed by atoms with Crippen molar-refractivity contribution in [3.05, 3.63) is 28.2 Å². The fraction of sp³-hybridized carbons (Fsp3) is 0.500. The zero-order valence-corrected chi connectivity index (χ0v) is 13.4. The average molecular weight is 385 g/mol. The lowest BCUT2D eigenvalue weighted by Crippen LogP contribution is -2.43. The number of anilines is 1. The van der Waals surface area contributed by atoms with E-state index in [0.717, 1.165) is 16.8 Å². The van der Waals surface area contributed by atoms with Crippen molar-refractivity contribution in [3.8, 4) is 0 Å². The van der Waals surface area contributed by atoms with Crippen LogP contribution in [0.4, 0.5) is 14.5 Å². The number of nitrogens with zero attached hydrogens (tertiary/aromatic N) is 1. The summed E-state index contributed by atoms with van der Waals surface area (Å²) in [6.45, 7) is 0.383. The topological polar surface area (TPSA) is 69.6 Å². The second-order valence-electron chi connectivity index (χ2n) is 4.90. The Morgan fingerprint density at radius 2 is 2.10 bits per heavy atom. The van der Waals surface area contributed by atoms with Crippen LogP contribution in [0.15, 0.2) is 16.6 Å². The molecule has 1 aromatic rings. The highest BCUT2D eigenvalue weighted by Gasteiger charge is 2.29. The Bertz CT molecular complexity index is 627. The van der Waals surface area contributed by atoms with Crippen LogP contribution in [0.1, 0.15) is 12.8 Å². The molecule has 1 unspecified atom stereocenters. The first-order chi connectivity index (χ1) is 9.83. The molecule has 118 valence electrons. The van der Waals surface area contributed by atoms with E-state index in [1.807, 2.05) is 0 Å². The molecule has 1 aliphatic heterocycles. The summed E-state index contributed by atoms with van der Waals surface area (Å²) >= 11 is 2.88. The van der Waals surface area contributed by atoms with Crippen molar-refractivity contribution in [2.45, 2.75) is 12.8 Å². The van der Waals surface area contributed by atoms with Gasteiger partial charge in [-0.25, -0.2) is 8.78 Å². The van der Waals surface area contributed by atoms with E-state index in [-0.39, 0.29) is 29.2 Å². The van der Waals surface area contributed by atoms with E-state index in [0.29, 0.717) is 19.0 Å². The maximum absolute atomic E-state index is 13.6. The number of benzene rings is 1. The first-order valence-corrected chi connectivity index (χ1v) is 8.60. The Kier molecular flexibility index (Phi) is 5.18. The third kappa shape index (κ3) is 3.91. The summed E-state index contributed by atoms with van der Waals surface area (Å²) in [5, 5.41) is 9.13. The monoisotopic (exact) mass is 384 g/mol. The largest absolute Gasteiger partial charge is 0.396 e. The van der Waals surface area contributed by atoms with Crippen molar-refractivity contribution >= 4 is 31.8 Å². The summed E-state index contributed by atoms with van der Waals surface area (Å²) < 4.78 is 54.5. The number of aliphatic hydroxyl groups is 1. The number of aliphatic hydroxyl groups excluding tert-OH is 1. The normalized spacial score (nSPS) is 20.5. The molecule has 1 aliphatic rings. The number of piperidine rings is 1. The van der Waals surface area contributed by atoms with Crippen molar-refractivity contribution < 1.29 is 22.3 Å². The minimum absolute atomic E-state index is 0.0338. The lowest BCUT2D eigenvalue weighted by Gasteiger charge is -2.31. The second kappa shape index (κ2) is 6.55. The molecule has 0 aliphatic carbocycles. The Labute approximate surface area is 130 Å². The molecule has 2 rings (SSSR count). The number of rotatable bonds is 4. The van der Waals surface area contributed by atoms with E-state index in [1.165, 1.54) is 0 Å². The van der Waals surface area contributed by atoms with Gasteiger partial charge in [-0.1, -0.05) is 0 Å². The Hall–Kier alpha value is -0.770. The molecule has 0 aromatic heterocycles. The molecular formula is C12H15BrF2N2O3S. The van der Waals surface area contributed by atoms with E-state index in [1.54, 1.807) is 0 Å². The predicted molar refractivity (Wildman–Crippen MR) is 78.0 cm³/mol. The molecular weight excluding hydrogens is 370 g/mol. The Morgan fingerprint density at radius 3 is 2.76 bits per heavy atom. The Morgan fingerprint density at radius 1 is 1.38 bits per heavy atom.